The van der Waals surface area contributed by atoms with E-state index in [4.69, 9.17) is 0 Å². The molecule has 0 aliphatic heterocycles. The fourth-order valence-electron chi connectivity index (χ4n) is 2.09. The highest BCUT2D eigenvalue weighted by atomic mass is 15.1. The van der Waals surface area contributed by atoms with E-state index in [1.54, 1.807) is 0 Å². The summed E-state index contributed by atoms with van der Waals surface area (Å²) in [7, 11) is 0. The zero-order chi connectivity index (χ0) is 13.2. The summed E-state index contributed by atoms with van der Waals surface area (Å²) in [5.41, 5.74) is 4.91. The third kappa shape index (κ3) is 2.43. The molecule has 0 bridgehead atoms. The molecule has 3 aromatic rings. The van der Waals surface area contributed by atoms with Gasteiger partial charge in [0.05, 0.1) is 0 Å². The van der Waals surface area contributed by atoms with E-state index in [0.29, 0.717) is 0 Å². The minimum Gasteiger partial charge on any atom is -0.202 e. The highest BCUT2D eigenvalue weighted by Crippen LogP contribution is 2.09. The summed E-state index contributed by atoms with van der Waals surface area (Å²) < 4.78 is 4.25. The molecule has 0 saturated carbocycles. The normalized spacial score (nSPS) is 10.6. The summed E-state index contributed by atoms with van der Waals surface area (Å²) in [5.74, 6) is 0. The zero-order valence-corrected chi connectivity index (χ0v) is 11.2. The molecule has 2 aromatic carbocycles. The van der Waals surface area contributed by atoms with Crippen LogP contribution in [-0.4, -0.2) is 4.57 Å². The number of imidazole rings is 1. The number of rotatable bonds is 2. The Balaban J connectivity index is 1.95. The van der Waals surface area contributed by atoms with Crippen LogP contribution in [0.3, 0.4) is 0 Å². The number of aromatic nitrogens is 2. The minimum absolute atomic E-state index is 1.18. The van der Waals surface area contributed by atoms with E-state index in [9.17, 15) is 0 Å². The van der Waals surface area contributed by atoms with Crippen molar-refractivity contribution in [3.05, 3.63) is 78.4 Å². The largest absolute Gasteiger partial charge is 0.254 e. The van der Waals surface area contributed by atoms with Crippen LogP contribution >= 0.6 is 0 Å². The van der Waals surface area contributed by atoms with Gasteiger partial charge in [0.1, 0.15) is 23.8 Å². The van der Waals surface area contributed by atoms with Gasteiger partial charge < -0.3 is 0 Å². The van der Waals surface area contributed by atoms with Gasteiger partial charge >= 0.3 is 0 Å². The van der Waals surface area contributed by atoms with Gasteiger partial charge in [-0.3, -0.25) is 0 Å². The number of aryl methyl sites for hydroxylation is 2. The van der Waals surface area contributed by atoms with Crippen LogP contribution in [0.1, 0.15) is 11.1 Å². The lowest BCUT2D eigenvalue weighted by Crippen LogP contribution is -2.27. The Hall–Kier alpha value is -2.35. The van der Waals surface area contributed by atoms with Gasteiger partial charge in [0.2, 0.25) is 0 Å². The molecule has 0 spiro atoms. The van der Waals surface area contributed by atoms with Crippen molar-refractivity contribution in [1.29, 1.82) is 0 Å². The summed E-state index contributed by atoms with van der Waals surface area (Å²) in [6.45, 7) is 4.21. The van der Waals surface area contributed by atoms with Crippen molar-refractivity contribution < 1.29 is 4.57 Å². The lowest BCUT2D eigenvalue weighted by Gasteiger charge is -1.97. The summed E-state index contributed by atoms with van der Waals surface area (Å²) in [4.78, 5) is 0. The van der Waals surface area contributed by atoms with Crippen LogP contribution in [0.4, 0.5) is 0 Å². The summed E-state index contributed by atoms with van der Waals surface area (Å²) in [6.07, 6.45) is 6.24. The van der Waals surface area contributed by atoms with Crippen LogP contribution in [0.2, 0.25) is 0 Å². The van der Waals surface area contributed by atoms with Crippen molar-refractivity contribution in [2.24, 2.45) is 0 Å². The first-order chi connectivity index (χ1) is 9.22. The van der Waals surface area contributed by atoms with Crippen LogP contribution in [0.15, 0.2) is 67.3 Å². The van der Waals surface area contributed by atoms with Crippen LogP contribution in [0.25, 0.3) is 11.4 Å². The van der Waals surface area contributed by atoms with E-state index in [1.807, 2.05) is 0 Å². The quantitative estimate of drug-likeness (QED) is 0.616. The van der Waals surface area contributed by atoms with Gasteiger partial charge in [-0.2, -0.15) is 0 Å². The molecule has 0 atom stereocenters. The van der Waals surface area contributed by atoms with Crippen molar-refractivity contribution in [3.8, 4) is 11.4 Å². The number of nitrogens with zero attached hydrogens (tertiary/aromatic N) is 2. The molecule has 0 radical (unpaired) electrons. The fourth-order valence-corrected chi connectivity index (χ4v) is 2.09. The predicted octanol–water partition coefficient (Wildman–Crippen LogP) is 3.37. The first kappa shape index (κ1) is 11.7. The summed E-state index contributed by atoms with van der Waals surface area (Å²) in [5, 5.41) is 0. The van der Waals surface area contributed by atoms with E-state index in [-0.39, 0.29) is 0 Å². The number of hydrogen-bond acceptors (Lipinski definition) is 0. The molecule has 2 heteroatoms. The van der Waals surface area contributed by atoms with Gasteiger partial charge in [-0.1, -0.05) is 35.4 Å². The molecule has 0 fully saturated rings. The molecular weight excluding hydrogens is 232 g/mol. The molecule has 1 heterocycles. The van der Waals surface area contributed by atoms with Gasteiger partial charge in [0.25, 0.3) is 6.33 Å². The third-order valence-electron chi connectivity index (χ3n) is 3.30. The van der Waals surface area contributed by atoms with E-state index < -0.39 is 0 Å². The Labute approximate surface area is 113 Å². The maximum atomic E-state index is 2.13. The van der Waals surface area contributed by atoms with E-state index in [1.165, 1.54) is 22.5 Å². The molecule has 0 amide bonds. The Bertz CT molecular complexity index is 616. The highest BCUT2D eigenvalue weighted by molar-refractivity contribution is 5.34. The van der Waals surface area contributed by atoms with Crippen LogP contribution in [0, 0.1) is 13.8 Å². The van der Waals surface area contributed by atoms with E-state index in [2.05, 4.69) is 90.2 Å². The van der Waals surface area contributed by atoms with E-state index >= 15 is 0 Å². The minimum atomic E-state index is 1.18. The molecule has 0 aliphatic carbocycles. The molecule has 94 valence electrons. The fraction of sp³-hybridized carbons (Fsp3) is 0.118. The smallest absolute Gasteiger partial charge is 0.202 e. The standard InChI is InChI=1S/C17H17N2/c1-14-3-7-16(8-4-14)18-11-12-19(13-18)17-9-5-15(2)6-10-17/h3-13H,1-2H3/q+1. The Kier molecular flexibility index (Phi) is 2.92. The summed E-state index contributed by atoms with van der Waals surface area (Å²) in [6, 6.07) is 17.1. The van der Waals surface area contributed by atoms with Crippen molar-refractivity contribution in [1.82, 2.24) is 4.57 Å². The molecule has 0 N–H and O–H groups in total. The van der Waals surface area contributed by atoms with Gasteiger partial charge in [0.15, 0.2) is 0 Å². The molecule has 2 nitrogen and oxygen atoms in total. The Morgan fingerprint density at radius 1 is 0.789 bits per heavy atom. The van der Waals surface area contributed by atoms with Crippen molar-refractivity contribution in [3.63, 3.8) is 0 Å². The van der Waals surface area contributed by atoms with Crippen molar-refractivity contribution >= 4 is 0 Å². The van der Waals surface area contributed by atoms with Gasteiger partial charge in [-0.05, 0) is 38.1 Å². The number of benzene rings is 2. The maximum absolute atomic E-state index is 2.13. The lowest BCUT2D eigenvalue weighted by atomic mass is 10.2. The third-order valence-corrected chi connectivity index (χ3v) is 3.30. The molecular formula is C17H17N2+. The second kappa shape index (κ2) is 4.73. The zero-order valence-electron chi connectivity index (χ0n) is 11.2. The van der Waals surface area contributed by atoms with E-state index in [0.717, 1.165) is 0 Å². The van der Waals surface area contributed by atoms with Crippen molar-refractivity contribution in [2.75, 3.05) is 0 Å². The van der Waals surface area contributed by atoms with Crippen LogP contribution < -0.4 is 4.57 Å². The average Bonchev–Trinajstić information content (AvgIpc) is 2.90. The summed E-state index contributed by atoms with van der Waals surface area (Å²) >= 11 is 0. The lowest BCUT2D eigenvalue weighted by molar-refractivity contribution is -0.594. The van der Waals surface area contributed by atoms with Gasteiger partial charge in [0, 0.05) is 0 Å². The first-order valence-electron chi connectivity index (χ1n) is 6.46. The van der Waals surface area contributed by atoms with Gasteiger partial charge in [-0.25, -0.2) is 9.13 Å². The Morgan fingerprint density at radius 3 is 2.00 bits per heavy atom. The average molecular weight is 249 g/mol. The van der Waals surface area contributed by atoms with Crippen LogP contribution in [0.5, 0.6) is 0 Å². The van der Waals surface area contributed by atoms with Crippen LogP contribution in [-0.2, 0) is 0 Å². The van der Waals surface area contributed by atoms with Crippen molar-refractivity contribution in [2.45, 2.75) is 13.8 Å². The number of hydrogen-bond donors (Lipinski definition) is 0. The topological polar surface area (TPSA) is 8.81 Å². The molecule has 0 unspecified atom stereocenters. The maximum Gasteiger partial charge on any atom is 0.254 e. The molecule has 3 rings (SSSR count). The monoisotopic (exact) mass is 249 g/mol. The highest BCUT2D eigenvalue weighted by Gasteiger charge is 2.07. The molecule has 19 heavy (non-hydrogen) atoms. The molecule has 0 saturated heterocycles. The Morgan fingerprint density at radius 2 is 1.37 bits per heavy atom. The van der Waals surface area contributed by atoms with Gasteiger partial charge in [-0.15, -0.1) is 0 Å². The predicted molar refractivity (Wildman–Crippen MR) is 76.8 cm³/mol. The second-order valence-electron chi connectivity index (χ2n) is 4.90. The first-order valence-corrected chi connectivity index (χ1v) is 6.46. The SMILES string of the molecule is Cc1ccc(-n2cc[n+](-c3ccc(C)cc3)c2)cc1. The molecule has 1 aromatic heterocycles. The molecule has 0 aliphatic rings. The second-order valence-corrected chi connectivity index (χ2v) is 4.90.